The molecule has 1 unspecified atom stereocenters. The average molecular weight is 265 g/mol. The summed E-state index contributed by atoms with van der Waals surface area (Å²) >= 11 is 0. The van der Waals surface area contributed by atoms with Crippen LogP contribution in [0.4, 0.5) is 15.8 Å². The predicted octanol–water partition coefficient (Wildman–Crippen LogP) is 0.835. The Morgan fingerprint density at radius 1 is 1.63 bits per heavy atom. The highest BCUT2D eigenvalue weighted by atomic mass is 19.1. The summed E-state index contributed by atoms with van der Waals surface area (Å²) in [4.78, 5) is 12.9. The number of rotatable bonds is 2. The van der Waals surface area contributed by atoms with Crippen LogP contribution in [0.1, 0.15) is 10.4 Å². The first kappa shape index (κ1) is 13.1. The molecule has 1 atom stereocenters. The number of anilines is 2. The lowest BCUT2D eigenvalue weighted by Crippen LogP contribution is -2.42. The molecule has 1 heterocycles. The van der Waals surface area contributed by atoms with E-state index >= 15 is 0 Å². The fraction of sp³-hybridized carbons (Fsp3) is 0.333. The van der Waals surface area contributed by atoms with Gasteiger partial charge in [-0.15, -0.1) is 0 Å². The number of carboxylic acid groups (broad SMARTS) is 1. The lowest BCUT2D eigenvalue weighted by molar-refractivity contribution is 0.0688. The summed E-state index contributed by atoms with van der Waals surface area (Å²) in [6.07, 6.45) is -0.637. The predicted molar refractivity (Wildman–Crippen MR) is 65.3 cm³/mol. The van der Waals surface area contributed by atoms with Crippen molar-refractivity contribution in [3.05, 3.63) is 23.5 Å². The Hall–Kier alpha value is -2.33. The van der Waals surface area contributed by atoms with Crippen LogP contribution < -0.4 is 10.6 Å². The van der Waals surface area contributed by atoms with Crippen LogP contribution in [0.2, 0.25) is 0 Å². The van der Waals surface area contributed by atoms with Gasteiger partial charge in [0.05, 0.1) is 30.6 Å². The van der Waals surface area contributed by atoms with E-state index in [1.54, 1.807) is 4.90 Å². The van der Waals surface area contributed by atoms with E-state index in [0.29, 0.717) is 18.8 Å². The number of ether oxygens (including phenoxy) is 1. The quantitative estimate of drug-likeness (QED) is 0.768. The normalized spacial score (nSPS) is 18.9. The zero-order chi connectivity index (χ0) is 14.0. The van der Waals surface area contributed by atoms with E-state index in [2.05, 4.69) is 0 Å². The molecule has 6 nitrogen and oxygen atoms in total. The van der Waals surface area contributed by atoms with Crippen molar-refractivity contribution in [1.82, 2.24) is 0 Å². The third-order valence-corrected chi connectivity index (χ3v) is 2.94. The summed E-state index contributed by atoms with van der Waals surface area (Å²) in [5.74, 6) is -2.07. The van der Waals surface area contributed by atoms with E-state index in [1.165, 1.54) is 6.07 Å². The van der Waals surface area contributed by atoms with Gasteiger partial charge in [-0.2, -0.15) is 5.26 Å². The van der Waals surface area contributed by atoms with Crippen LogP contribution in [0.3, 0.4) is 0 Å². The van der Waals surface area contributed by atoms with Crippen molar-refractivity contribution in [2.45, 2.75) is 6.10 Å². The maximum Gasteiger partial charge on any atom is 0.340 e. The van der Waals surface area contributed by atoms with Crippen LogP contribution >= 0.6 is 0 Å². The number of benzene rings is 1. The molecular formula is C12H12FN3O3. The topological polar surface area (TPSA) is 99.6 Å². The van der Waals surface area contributed by atoms with Gasteiger partial charge in [-0.05, 0) is 12.1 Å². The van der Waals surface area contributed by atoms with Gasteiger partial charge in [0.15, 0.2) is 6.10 Å². The Kier molecular flexibility index (Phi) is 3.53. The number of halogens is 1. The molecule has 1 aliphatic rings. The summed E-state index contributed by atoms with van der Waals surface area (Å²) < 4.78 is 18.5. The Labute approximate surface area is 108 Å². The largest absolute Gasteiger partial charge is 0.478 e. The molecule has 1 aromatic rings. The molecule has 3 N–H and O–H groups in total. The first-order valence-electron chi connectivity index (χ1n) is 5.62. The number of morpholine rings is 1. The third kappa shape index (κ3) is 2.44. The second kappa shape index (κ2) is 5.12. The standard InChI is InChI=1S/C12H12FN3O3/c13-8-1-2-9(10(11(8)15)12(17)18)16-3-4-19-7(5-14)6-16/h1-2,7H,3-4,6,15H2,(H,17,18). The van der Waals surface area contributed by atoms with Crippen molar-refractivity contribution in [1.29, 1.82) is 5.26 Å². The van der Waals surface area contributed by atoms with Gasteiger partial charge in [-0.25, -0.2) is 9.18 Å². The van der Waals surface area contributed by atoms with Gasteiger partial charge >= 0.3 is 5.97 Å². The molecule has 1 aliphatic heterocycles. The van der Waals surface area contributed by atoms with Crippen LogP contribution in [0.15, 0.2) is 12.1 Å². The second-order valence-electron chi connectivity index (χ2n) is 4.09. The van der Waals surface area contributed by atoms with E-state index in [1.807, 2.05) is 6.07 Å². The number of aromatic carboxylic acids is 1. The summed E-state index contributed by atoms with van der Waals surface area (Å²) in [5.41, 5.74) is 5.10. The highest BCUT2D eigenvalue weighted by Crippen LogP contribution is 2.29. The van der Waals surface area contributed by atoms with Crippen molar-refractivity contribution in [2.75, 3.05) is 30.3 Å². The summed E-state index contributed by atoms with van der Waals surface area (Å²) in [5, 5.41) is 18.0. The smallest absolute Gasteiger partial charge is 0.340 e. The van der Waals surface area contributed by atoms with Crippen LogP contribution in [0.5, 0.6) is 0 Å². The van der Waals surface area contributed by atoms with Gasteiger partial charge in [-0.3, -0.25) is 0 Å². The van der Waals surface area contributed by atoms with Gasteiger partial charge < -0.3 is 20.5 Å². The number of nitrogens with zero attached hydrogens (tertiary/aromatic N) is 2. The fourth-order valence-corrected chi connectivity index (χ4v) is 2.02. The number of nitrogens with two attached hydrogens (primary N) is 1. The van der Waals surface area contributed by atoms with Crippen molar-refractivity contribution in [3.8, 4) is 6.07 Å². The molecule has 0 saturated carbocycles. The SMILES string of the molecule is N#CC1CN(c2ccc(F)c(N)c2C(=O)O)CCO1. The van der Waals surface area contributed by atoms with E-state index in [-0.39, 0.29) is 12.1 Å². The molecule has 0 bridgehead atoms. The van der Waals surface area contributed by atoms with Crippen molar-refractivity contribution >= 4 is 17.3 Å². The molecule has 0 radical (unpaired) electrons. The number of carbonyl (C=O) groups is 1. The lowest BCUT2D eigenvalue weighted by Gasteiger charge is -2.32. The maximum atomic E-state index is 13.3. The average Bonchev–Trinajstić information content (AvgIpc) is 2.41. The van der Waals surface area contributed by atoms with E-state index in [4.69, 9.17) is 20.8 Å². The van der Waals surface area contributed by atoms with Crippen LogP contribution in [-0.4, -0.2) is 36.9 Å². The van der Waals surface area contributed by atoms with Crippen molar-refractivity contribution in [3.63, 3.8) is 0 Å². The minimum atomic E-state index is -1.30. The van der Waals surface area contributed by atoms with Crippen molar-refractivity contribution in [2.24, 2.45) is 0 Å². The molecule has 7 heteroatoms. The molecular weight excluding hydrogens is 253 g/mol. The zero-order valence-electron chi connectivity index (χ0n) is 9.97. The summed E-state index contributed by atoms with van der Waals surface area (Å²) in [7, 11) is 0. The Bertz CT molecular complexity index is 556. The van der Waals surface area contributed by atoms with Crippen LogP contribution in [-0.2, 0) is 4.74 Å². The molecule has 19 heavy (non-hydrogen) atoms. The third-order valence-electron chi connectivity index (χ3n) is 2.94. The molecule has 1 fully saturated rings. The van der Waals surface area contributed by atoms with Gasteiger partial charge in [0, 0.05) is 6.54 Å². The van der Waals surface area contributed by atoms with Gasteiger partial charge in [0.2, 0.25) is 0 Å². The number of nitrogen functional groups attached to an aromatic ring is 1. The Balaban J connectivity index is 2.42. The van der Waals surface area contributed by atoms with Gasteiger partial charge in [0.25, 0.3) is 0 Å². The molecule has 0 amide bonds. The van der Waals surface area contributed by atoms with Crippen LogP contribution in [0, 0.1) is 17.1 Å². The second-order valence-corrected chi connectivity index (χ2v) is 4.09. The number of carboxylic acids is 1. The van der Waals surface area contributed by atoms with Gasteiger partial charge in [0.1, 0.15) is 11.4 Å². The van der Waals surface area contributed by atoms with Gasteiger partial charge in [-0.1, -0.05) is 0 Å². The Morgan fingerprint density at radius 3 is 3.00 bits per heavy atom. The first-order chi connectivity index (χ1) is 9.04. The zero-order valence-corrected chi connectivity index (χ0v) is 9.97. The van der Waals surface area contributed by atoms with E-state index in [9.17, 15) is 9.18 Å². The molecule has 0 aromatic heterocycles. The fourth-order valence-electron chi connectivity index (χ4n) is 2.02. The summed E-state index contributed by atoms with van der Waals surface area (Å²) in [6.45, 7) is 0.944. The number of hydrogen-bond donors (Lipinski definition) is 2. The number of hydrogen-bond acceptors (Lipinski definition) is 5. The molecule has 0 spiro atoms. The summed E-state index contributed by atoms with van der Waals surface area (Å²) in [6, 6.07) is 4.44. The molecule has 1 saturated heterocycles. The minimum Gasteiger partial charge on any atom is -0.478 e. The first-order valence-corrected chi connectivity index (χ1v) is 5.62. The molecule has 1 aromatic carbocycles. The highest BCUT2D eigenvalue weighted by molar-refractivity contribution is 6.00. The lowest BCUT2D eigenvalue weighted by atomic mass is 10.1. The Morgan fingerprint density at radius 2 is 2.37 bits per heavy atom. The highest BCUT2D eigenvalue weighted by Gasteiger charge is 2.26. The molecule has 0 aliphatic carbocycles. The van der Waals surface area contributed by atoms with Crippen molar-refractivity contribution < 1.29 is 19.0 Å². The van der Waals surface area contributed by atoms with E-state index in [0.717, 1.165) is 6.07 Å². The monoisotopic (exact) mass is 265 g/mol. The minimum absolute atomic E-state index is 0.224. The van der Waals surface area contributed by atoms with Crippen LogP contribution in [0.25, 0.3) is 0 Å². The molecule has 2 rings (SSSR count). The molecule has 100 valence electrons. The number of nitriles is 1. The van der Waals surface area contributed by atoms with E-state index < -0.39 is 23.6 Å². The maximum absolute atomic E-state index is 13.3.